The van der Waals surface area contributed by atoms with Crippen LogP contribution < -0.4 is 9.47 Å². The van der Waals surface area contributed by atoms with Gasteiger partial charge in [0.25, 0.3) is 0 Å². The normalized spacial score (nSPS) is 12.1. The molecule has 0 bridgehead atoms. The second-order valence-electron chi connectivity index (χ2n) is 6.00. The van der Waals surface area contributed by atoms with Gasteiger partial charge in [0.1, 0.15) is 17.5 Å². The van der Waals surface area contributed by atoms with E-state index >= 15 is 0 Å². The maximum atomic E-state index is 9.56. The first-order chi connectivity index (χ1) is 13.2. The molecule has 3 rings (SSSR count). The number of nitrogens with zero attached hydrogens (tertiary/aromatic N) is 2. The molecule has 0 amide bonds. The molecule has 0 aliphatic heterocycles. The van der Waals surface area contributed by atoms with E-state index < -0.39 is 6.04 Å². The molecular weight excluding hydrogens is 360 g/mol. The monoisotopic (exact) mass is 378 g/mol. The average Bonchev–Trinajstić information content (AvgIpc) is 2.71. The van der Waals surface area contributed by atoms with E-state index in [4.69, 9.17) is 21.1 Å². The predicted octanol–water partition coefficient (Wildman–Crippen LogP) is 5.06. The lowest BCUT2D eigenvalue weighted by Gasteiger charge is -2.15. The zero-order valence-electron chi connectivity index (χ0n) is 15.1. The molecule has 0 aromatic heterocycles. The molecule has 0 fully saturated rings. The number of methoxy groups -OCH3 is 2. The SMILES string of the molecule is COc1cc(CC(C#N)N=Cc2ccc(Cl)cc2)c(OC)c2ccccc12. The fraction of sp³-hybridized carbons (Fsp3) is 0.182. The molecule has 0 saturated carbocycles. The highest BCUT2D eigenvalue weighted by Crippen LogP contribution is 2.37. The molecule has 3 aromatic carbocycles. The number of aliphatic imine (C=N–C) groups is 1. The first-order valence-electron chi connectivity index (χ1n) is 8.47. The molecule has 136 valence electrons. The van der Waals surface area contributed by atoms with E-state index in [1.165, 1.54) is 0 Å². The molecule has 0 radical (unpaired) electrons. The van der Waals surface area contributed by atoms with Crippen molar-refractivity contribution < 1.29 is 9.47 Å². The molecule has 4 nitrogen and oxygen atoms in total. The summed E-state index contributed by atoms with van der Waals surface area (Å²) in [5, 5.41) is 12.1. The van der Waals surface area contributed by atoms with Crippen molar-refractivity contribution in [2.45, 2.75) is 12.5 Å². The Morgan fingerprint density at radius 2 is 1.78 bits per heavy atom. The number of fused-ring (bicyclic) bond motifs is 1. The number of benzene rings is 3. The van der Waals surface area contributed by atoms with E-state index in [1.807, 2.05) is 42.5 Å². The molecule has 0 saturated heterocycles. The van der Waals surface area contributed by atoms with Gasteiger partial charge in [-0.3, -0.25) is 4.99 Å². The Morgan fingerprint density at radius 1 is 1.07 bits per heavy atom. The fourth-order valence-electron chi connectivity index (χ4n) is 3.00. The summed E-state index contributed by atoms with van der Waals surface area (Å²) < 4.78 is 11.2. The number of rotatable bonds is 6. The number of nitriles is 1. The molecule has 0 aliphatic carbocycles. The van der Waals surface area contributed by atoms with Gasteiger partial charge >= 0.3 is 0 Å². The predicted molar refractivity (Wildman–Crippen MR) is 109 cm³/mol. The van der Waals surface area contributed by atoms with Crippen molar-refractivity contribution in [2.75, 3.05) is 14.2 Å². The van der Waals surface area contributed by atoms with Gasteiger partial charge in [-0.05, 0) is 23.8 Å². The molecule has 0 aliphatic rings. The van der Waals surface area contributed by atoms with Crippen molar-refractivity contribution in [3.05, 3.63) is 70.7 Å². The Labute approximate surface area is 163 Å². The van der Waals surface area contributed by atoms with Crippen LogP contribution in [0.3, 0.4) is 0 Å². The van der Waals surface area contributed by atoms with E-state index in [0.717, 1.165) is 33.4 Å². The minimum Gasteiger partial charge on any atom is -0.496 e. The molecule has 0 spiro atoms. The summed E-state index contributed by atoms with van der Waals surface area (Å²) in [4.78, 5) is 4.42. The zero-order chi connectivity index (χ0) is 19.2. The molecule has 0 heterocycles. The zero-order valence-corrected chi connectivity index (χ0v) is 15.9. The van der Waals surface area contributed by atoms with Gasteiger partial charge in [0.2, 0.25) is 0 Å². The quantitative estimate of drug-likeness (QED) is 0.563. The third kappa shape index (κ3) is 4.21. The van der Waals surface area contributed by atoms with Crippen molar-refractivity contribution in [1.82, 2.24) is 0 Å². The van der Waals surface area contributed by atoms with Gasteiger partial charge in [0, 0.05) is 34.0 Å². The minimum absolute atomic E-state index is 0.422. The van der Waals surface area contributed by atoms with Gasteiger partial charge in [0.05, 0.1) is 20.3 Å². The highest BCUT2D eigenvalue weighted by molar-refractivity contribution is 6.30. The molecule has 27 heavy (non-hydrogen) atoms. The summed E-state index contributed by atoms with van der Waals surface area (Å²) in [5.74, 6) is 1.49. The van der Waals surface area contributed by atoms with Crippen LogP contribution in [0.15, 0.2) is 59.6 Å². The lowest BCUT2D eigenvalue weighted by molar-refractivity contribution is 0.405. The van der Waals surface area contributed by atoms with Gasteiger partial charge in [0.15, 0.2) is 0 Å². The summed E-state index contributed by atoms with van der Waals surface area (Å²) in [5.41, 5.74) is 1.77. The number of ether oxygens (including phenoxy) is 2. The lowest BCUT2D eigenvalue weighted by atomic mass is 9.99. The largest absolute Gasteiger partial charge is 0.496 e. The minimum atomic E-state index is -0.541. The second-order valence-corrected chi connectivity index (χ2v) is 6.43. The van der Waals surface area contributed by atoms with Crippen LogP contribution in [0.5, 0.6) is 11.5 Å². The van der Waals surface area contributed by atoms with Crippen LogP contribution in [0.4, 0.5) is 0 Å². The summed E-state index contributed by atoms with van der Waals surface area (Å²) in [7, 11) is 3.27. The summed E-state index contributed by atoms with van der Waals surface area (Å²) >= 11 is 5.90. The average molecular weight is 379 g/mol. The first-order valence-corrected chi connectivity index (χ1v) is 8.85. The highest BCUT2D eigenvalue weighted by atomic mass is 35.5. The van der Waals surface area contributed by atoms with Gasteiger partial charge < -0.3 is 9.47 Å². The lowest BCUT2D eigenvalue weighted by Crippen LogP contribution is -2.08. The van der Waals surface area contributed by atoms with E-state index in [-0.39, 0.29) is 0 Å². The third-order valence-electron chi connectivity index (χ3n) is 4.29. The maximum Gasteiger partial charge on any atom is 0.140 e. The van der Waals surface area contributed by atoms with Gasteiger partial charge in [-0.15, -0.1) is 0 Å². The molecule has 0 N–H and O–H groups in total. The summed E-state index contributed by atoms with van der Waals surface area (Å²) in [6.45, 7) is 0. The molecule has 1 unspecified atom stereocenters. The standard InChI is InChI=1S/C22H19ClN2O2/c1-26-21-12-16(22(27-2)20-6-4-3-5-19(20)21)11-18(13-24)25-14-15-7-9-17(23)10-8-15/h3-10,12,14,18H,11H2,1-2H3. The fourth-order valence-corrected chi connectivity index (χ4v) is 3.12. The Bertz CT molecular complexity index is 1010. The topological polar surface area (TPSA) is 54.6 Å². The Morgan fingerprint density at radius 3 is 2.41 bits per heavy atom. The number of hydrogen-bond acceptors (Lipinski definition) is 4. The van der Waals surface area contributed by atoms with Gasteiger partial charge in [-0.2, -0.15) is 5.26 Å². The Kier molecular flexibility index (Phi) is 5.95. The molecular formula is C22H19ClN2O2. The first kappa shape index (κ1) is 18.8. The van der Waals surface area contributed by atoms with Crippen LogP contribution in [0, 0.1) is 11.3 Å². The molecule has 3 aromatic rings. The van der Waals surface area contributed by atoms with Gasteiger partial charge in [-0.1, -0.05) is 48.0 Å². The van der Waals surface area contributed by atoms with Crippen LogP contribution in [-0.4, -0.2) is 26.5 Å². The van der Waals surface area contributed by atoms with Crippen LogP contribution in [0.1, 0.15) is 11.1 Å². The maximum absolute atomic E-state index is 9.56. The van der Waals surface area contributed by atoms with Crippen molar-refractivity contribution in [1.29, 1.82) is 5.26 Å². The molecule has 5 heteroatoms. The summed E-state index contributed by atoms with van der Waals surface area (Å²) in [6, 6.07) is 18.8. The van der Waals surface area contributed by atoms with Crippen LogP contribution in [-0.2, 0) is 6.42 Å². The van der Waals surface area contributed by atoms with Crippen LogP contribution in [0.2, 0.25) is 5.02 Å². The van der Waals surface area contributed by atoms with Crippen molar-refractivity contribution >= 4 is 28.6 Å². The Balaban J connectivity index is 1.94. The smallest absolute Gasteiger partial charge is 0.140 e. The van der Waals surface area contributed by atoms with Gasteiger partial charge in [-0.25, -0.2) is 0 Å². The van der Waals surface area contributed by atoms with Crippen LogP contribution >= 0.6 is 11.6 Å². The summed E-state index contributed by atoms with van der Waals surface area (Å²) in [6.07, 6.45) is 2.11. The second kappa shape index (κ2) is 8.57. The van der Waals surface area contributed by atoms with E-state index in [9.17, 15) is 5.26 Å². The number of halogens is 1. The molecule has 1 atom stereocenters. The van der Waals surface area contributed by atoms with E-state index in [1.54, 1.807) is 32.6 Å². The Hall–Kier alpha value is -3.03. The highest BCUT2D eigenvalue weighted by Gasteiger charge is 2.16. The third-order valence-corrected chi connectivity index (χ3v) is 4.55. The van der Waals surface area contributed by atoms with Crippen molar-refractivity contribution in [2.24, 2.45) is 4.99 Å². The van der Waals surface area contributed by atoms with Crippen molar-refractivity contribution in [3.63, 3.8) is 0 Å². The van der Waals surface area contributed by atoms with Crippen LogP contribution in [0.25, 0.3) is 10.8 Å². The number of hydrogen-bond donors (Lipinski definition) is 0. The van der Waals surface area contributed by atoms with E-state index in [2.05, 4.69) is 11.1 Å². The van der Waals surface area contributed by atoms with Crippen molar-refractivity contribution in [3.8, 4) is 17.6 Å². The van der Waals surface area contributed by atoms with E-state index in [0.29, 0.717) is 11.4 Å².